The summed E-state index contributed by atoms with van der Waals surface area (Å²) < 4.78 is 13.2. The van der Waals surface area contributed by atoms with E-state index < -0.39 is 0 Å². The fraction of sp³-hybridized carbons (Fsp3) is 0. The van der Waals surface area contributed by atoms with Gasteiger partial charge in [-0.2, -0.15) is 0 Å². The minimum absolute atomic E-state index is 0.794. The van der Waals surface area contributed by atoms with E-state index in [4.69, 9.17) is 9.40 Å². The van der Waals surface area contributed by atoms with Gasteiger partial charge in [0.2, 0.25) is 11.5 Å². The van der Waals surface area contributed by atoms with Crippen molar-refractivity contribution in [3.8, 4) is 33.6 Å². The van der Waals surface area contributed by atoms with E-state index in [1.54, 1.807) is 0 Å². The highest BCUT2D eigenvalue weighted by Crippen LogP contribution is 2.39. The van der Waals surface area contributed by atoms with Crippen molar-refractivity contribution in [2.75, 3.05) is 0 Å². The number of imidazole rings is 2. The maximum atomic E-state index is 6.46. The zero-order valence-corrected chi connectivity index (χ0v) is 26.9. The second-order valence-corrected chi connectivity index (χ2v) is 12.9. The maximum Gasteiger partial charge on any atom is 0.232 e. The summed E-state index contributed by atoms with van der Waals surface area (Å²) in [6.07, 6.45) is 0. The zero-order chi connectivity index (χ0) is 32.8. The molecule has 0 unspecified atom stereocenters. The number of furan rings is 1. The Kier molecular flexibility index (Phi) is 5.60. The van der Waals surface area contributed by atoms with Gasteiger partial charge in [0.15, 0.2) is 0 Å². The van der Waals surface area contributed by atoms with Crippen molar-refractivity contribution in [3.63, 3.8) is 0 Å². The largest absolute Gasteiger partial charge is 0.437 e. The van der Waals surface area contributed by atoms with Crippen LogP contribution in [0.1, 0.15) is 0 Å². The summed E-state index contributed by atoms with van der Waals surface area (Å²) in [6, 6.07) is 60.1. The van der Waals surface area contributed by atoms with Crippen molar-refractivity contribution in [2.45, 2.75) is 0 Å². The number of aromatic nitrogens is 4. The second-order valence-electron chi connectivity index (χ2n) is 12.9. The van der Waals surface area contributed by atoms with Crippen molar-refractivity contribution in [1.29, 1.82) is 0 Å². The lowest BCUT2D eigenvalue weighted by Gasteiger charge is -2.10. The number of hydrogen-bond acceptors (Lipinski definition) is 2. The van der Waals surface area contributed by atoms with Crippen LogP contribution >= 0.6 is 0 Å². The average molecular weight is 641 g/mol. The Morgan fingerprint density at radius 1 is 0.420 bits per heavy atom. The molecule has 0 N–H and O–H groups in total. The fourth-order valence-electron chi connectivity index (χ4n) is 7.77. The van der Waals surface area contributed by atoms with Crippen LogP contribution in [0.2, 0.25) is 0 Å². The van der Waals surface area contributed by atoms with E-state index in [0.717, 1.165) is 61.5 Å². The van der Waals surface area contributed by atoms with Crippen molar-refractivity contribution < 1.29 is 4.42 Å². The second kappa shape index (κ2) is 10.3. The van der Waals surface area contributed by atoms with Gasteiger partial charge in [-0.05, 0) is 89.0 Å². The van der Waals surface area contributed by atoms with Gasteiger partial charge in [0.1, 0.15) is 11.1 Å². The summed E-state index contributed by atoms with van der Waals surface area (Å²) in [4.78, 5) is 5.24. The van der Waals surface area contributed by atoms with Crippen LogP contribution in [0.5, 0.6) is 0 Å². The summed E-state index contributed by atoms with van der Waals surface area (Å²) in [5.74, 6) is 0.833. The molecule has 0 saturated heterocycles. The molecule has 0 fully saturated rings. The molecule has 0 spiro atoms. The molecular weight excluding hydrogens is 613 g/mol. The SMILES string of the molecule is c1ccc(-c2ccc(-n3c4ccccc4c4cc(-c5ccc6c(c5)nc5n(-c7ccccc7)c7oc8ccccc8c7n65)ccc43)cc2)cc1. The van der Waals surface area contributed by atoms with Gasteiger partial charge in [0.25, 0.3) is 0 Å². The molecule has 11 aromatic rings. The van der Waals surface area contributed by atoms with E-state index >= 15 is 0 Å². The van der Waals surface area contributed by atoms with Gasteiger partial charge >= 0.3 is 0 Å². The van der Waals surface area contributed by atoms with Gasteiger partial charge in [-0.25, -0.2) is 9.55 Å². The highest BCUT2D eigenvalue weighted by Gasteiger charge is 2.23. The van der Waals surface area contributed by atoms with Gasteiger partial charge < -0.3 is 8.98 Å². The van der Waals surface area contributed by atoms with Crippen molar-refractivity contribution in [3.05, 3.63) is 170 Å². The predicted molar refractivity (Wildman–Crippen MR) is 205 cm³/mol. The molecular formula is C45H28N4O. The molecule has 5 nitrogen and oxygen atoms in total. The van der Waals surface area contributed by atoms with E-state index in [1.807, 2.05) is 30.3 Å². The van der Waals surface area contributed by atoms with Crippen LogP contribution in [-0.4, -0.2) is 18.5 Å². The van der Waals surface area contributed by atoms with Crippen LogP contribution in [-0.2, 0) is 0 Å². The van der Waals surface area contributed by atoms with Gasteiger partial charge in [-0.15, -0.1) is 0 Å². The first-order valence-electron chi connectivity index (χ1n) is 16.9. The molecule has 0 aliphatic rings. The molecule has 0 radical (unpaired) electrons. The molecule has 0 aliphatic heterocycles. The van der Waals surface area contributed by atoms with Crippen molar-refractivity contribution in [1.82, 2.24) is 18.5 Å². The number of para-hydroxylation sites is 3. The number of benzene rings is 7. The van der Waals surface area contributed by atoms with Gasteiger partial charge in [-0.1, -0.05) is 103 Å². The molecule has 0 amide bonds. The van der Waals surface area contributed by atoms with Crippen LogP contribution in [0.25, 0.3) is 94.4 Å². The highest BCUT2D eigenvalue weighted by atomic mass is 16.3. The Morgan fingerprint density at radius 3 is 1.84 bits per heavy atom. The van der Waals surface area contributed by atoms with E-state index in [1.165, 1.54) is 32.9 Å². The average Bonchev–Trinajstić information content (AvgIpc) is 3.91. The first-order valence-corrected chi connectivity index (χ1v) is 16.9. The van der Waals surface area contributed by atoms with E-state index in [0.29, 0.717) is 0 Å². The molecule has 0 aliphatic carbocycles. The zero-order valence-electron chi connectivity index (χ0n) is 26.9. The summed E-state index contributed by atoms with van der Waals surface area (Å²) in [5.41, 5.74) is 13.9. The molecule has 5 heteroatoms. The van der Waals surface area contributed by atoms with Gasteiger partial charge in [0.05, 0.1) is 27.8 Å². The Balaban J connectivity index is 1.08. The van der Waals surface area contributed by atoms with Crippen LogP contribution < -0.4 is 0 Å². The van der Waals surface area contributed by atoms with Crippen LogP contribution in [0.15, 0.2) is 174 Å². The standard InChI is InChI=1S/C45H28N4O/c1-3-11-29(12-4-1)30-19-23-34(24-20-30)47-39-17-9-7-15-35(39)37-27-31(21-25-40(37)47)32-22-26-41-38(28-32)46-45-48(33-13-5-2-6-14-33)44-43(49(41)45)36-16-8-10-18-42(36)50-44/h1-28H. The normalized spacial score (nSPS) is 12.0. The Bertz CT molecular complexity index is 3070. The highest BCUT2D eigenvalue weighted by molar-refractivity contribution is 6.11. The number of rotatable bonds is 4. The van der Waals surface area contributed by atoms with Crippen molar-refractivity contribution in [2.24, 2.45) is 0 Å². The third-order valence-electron chi connectivity index (χ3n) is 10.1. The lowest BCUT2D eigenvalue weighted by atomic mass is 10.0. The third kappa shape index (κ3) is 3.86. The molecule has 11 rings (SSSR count). The topological polar surface area (TPSA) is 40.3 Å². The number of nitrogens with zero attached hydrogens (tertiary/aromatic N) is 4. The molecule has 7 aromatic carbocycles. The molecule has 0 bridgehead atoms. The molecule has 0 saturated carbocycles. The molecule has 0 atom stereocenters. The van der Waals surface area contributed by atoms with Crippen LogP contribution in [0.4, 0.5) is 0 Å². The summed E-state index contributed by atoms with van der Waals surface area (Å²) in [5, 5.41) is 3.53. The monoisotopic (exact) mass is 640 g/mol. The van der Waals surface area contributed by atoms with Crippen molar-refractivity contribution >= 4 is 60.8 Å². The Hall–Kier alpha value is -6.85. The minimum Gasteiger partial charge on any atom is -0.437 e. The van der Waals surface area contributed by atoms with E-state index in [-0.39, 0.29) is 0 Å². The smallest absolute Gasteiger partial charge is 0.232 e. The Morgan fingerprint density at radius 2 is 1.02 bits per heavy atom. The molecule has 50 heavy (non-hydrogen) atoms. The summed E-state index contributed by atoms with van der Waals surface area (Å²) in [6.45, 7) is 0. The first-order chi connectivity index (χ1) is 24.8. The van der Waals surface area contributed by atoms with Crippen LogP contribution in [0, 0.1) is 0 Å². The first kappa shape index (κ1) is 27.1. The molecule has 4 heterocycles. The van der Waals surface area contributed by atoms with E-state index in [2.05, 4.69) is 153 Å². The summed E-state index contributed by atoms with van der Waals surface area (Å²) in [7, 11) is 0. The maximum absolute atomic E-state index is 6.46. The number of fused-ring (bicyclic) bond motifs is 10. The minimum atomic E-state index is 0.794. The fourth-order valence-corrected chi connectivity index (χ4v) is 7.77. The molecule has 234 valence electrons. The predicted octanol–water partition coefficient (Wildman–Crippen LogP) is 11.6. The van der Waals surface area contributed by atoms with Gasteiger partial charge in [0, 0.05) is 21.8 Å². The summed E-state index contributed by atoms with van der Waals surface area (Å²) >= 11 is 0. The van der Waals surface area contributed by atoms with Gasteiger partial charge in [-0.3, -0.25) is 4.40 Å². The van der Waals surface area contributed by atoms with E-state index in [9.17, 15) is 0 Å². The van der Waals surface area contributed by atoms with Crippen LogP contribution in [0.3, 0.4) is 0 Å². The lowest BCUT2D eigenvalue weighted by molar-refractivity contribution is 0.645. The number of hydrogen-bond donors (Lipinski definition) is 0. The lowest BCUT2D eigenvalue weighted by Crippen LogP contribution is -1.94. The quantitative estimate of drug-likeness (QED) is 0.192. The third-order valence-corrected chi connectivity index (χ3v) is 10.1. The molecule has 4 aromatic heterocycles. The Labute approximate surface area is 286 Å².